The predicted molar refractivity (Wildman–Crippen MR) is 68.6 cm³/mol. The zero-order valence-electron chi connectivity index (χ0n) is 8.63. The van der Waals surface area contributed by atoms with Crippen LogP contribution in [-0.2, 0) is 0 Å². The quantitative estimate of drug-likeness (QED) is 0.527. The fraction of sp³-hybridized carbons (Fsp3) is 0. The molecule has 1 N–H and O–H groups in total. The first-order valence-corrected chi connectivity index (χ1v) is 6.00. The number of nitrogens with zero attached hydrogens (tertiary/aromatic N) is 2. The highest BCUT2D eigenvalue weighted by molar-refractivity contribution is 7.11. The maximum atomic E-state index is 11.6. The van der Waals surface area contributed by atoms with Gasteiger partial charge in [-0.2, -0.15) is 5.10 Å². The molecule has 0 radical (unpaired) electrons. The van der Waals surface area contributed by atoms with Gasteiger partial charge in [-0.25, -0.2) is 10.4 Å². The van der Waals surface area contributed by atoms with Gasteiger partial charge in [-0.3, -0.25) is 4.79 Å². The van der Waals surface area contributed by atoms with Crippen molar-refractivity contribution in [3.05, 3.63) is 51.4 Å². The first-order valence-electron chi connectivity index (χ1n) is 4.74. The van der Waals surface area contributed by atoms with E-state index in [2.05, 4.69) is 15.5 Å². The van der Waals surface area contributed by atoms with Crippen LogP contribution in [-0.4, -0.2) is 17.1 Å². The highest BCUT2D eigenvalue weighted by Crippen LogP contribution is 2.07. The normalized spacial score (nSPS) is 10.6. The summed E-state index contributed by atoms with van der Waals surface area (Å²) in [6.45, 7) is 0. The zero-order valence-corrected chi connectivity index (χ0v) is 10.2. The van der Waals surface area contributed by atoms with Crippen molar-refractivity contribution in [2.24, 2.45) is 5.10 Å². The van der Waals surface area contributed by atoms with Crippen molar-refractivity contribution in [3.63, 3.8) is 0 Å². The molecule has 0 aliphatic rings. The first kappa shape index (κ1) is 11.8. The van der Waals surface area contributed by atoms with Crippen LogP contribution >= 0.6 is 22.9 Å². The first-order chi connectivity index (χ1) is 8.25. The van der Waals surface area contributed by atoms with Crippen LogP contribution in [0.2, 0.25) is 5.15 Å². The second-order valence-electron chi connectivity index (χ2n) is 3.08. The van der Waals surface area contributed by atoms with Crippen LogP contribution in [0.3, 0.4) is 0 Å². The van der Waals surface area contributed by atoms with Crippen molar-refractivity contribution in [1.29, 1.82) is 0 Å². The molecule has 2 heterocycles. The summed E-state index contributed by atoms with van der Waals surface area (Å²) in [5, 5.41) is 6.06. The lowest BCUT2D eigenvalue weighted by Crippen LogP contribution is -2.17. The summed E-state index contributed by atoms with van der Waals surface area (Å²) in [4.78, 5) is 16.4. The van der Waals surface area contributed by atoms with E-state index >= 15 is 0 Å². The number of nitrogens with one attached hydrogen (secondary N) is 1. The third kappa shape index (κ3) is 3.37. The minimum atomic E-state index is -0.317. The maximum absolute atomic E-state index is 11.6. The molecule has 86 valence electrons. The highest BCUT2D eigenvalue weighted by atomic mass is 35.5. The highest BCUT2D eigenvalue weighted by Gasteiger charge is 2.04. The molecule has 2 aromatic rings. The third-order valence-electron chi connectivity index (χ3n) is 1.89. The molecule has 6 heteroatoms. The van der Waals surface area contributed by atoms with E-state index in [1.807, 2.05) is 17.5 Å². The molecule has 0 aliphatic heterocycles. The van der Waals surface area contributed by atoms with Crippen molar-refractivity contribution in [3.8, 4) is 0 Å². The lowest BCUT2D eigenvalue weighted by Gasteiger charge is -1.98. The number of hydrazone groups is 1. The van der Waals surface area contributed by atoms with Gasteiger partial charge >= 0.3 is 0 Å². The number of hydrogen-bond donors (Lipinski definition) is 1. The minimum absolute atomic E-state index is 0.278. The largest absolute Gasteiger partial charge is 0.271 e. The van der Waals surface area contributed by atoms with Crippen molar-refractivity contribution in [2.45, 2.75) is 0 Å². The number of carbonyl (C=O) groups is 1. The summed E-state index contributed by atoms with van der Waals surface area (Å²) < 4.78 is 0. The summed E-state index contributed by atoms with van der Waals surface area (Å²) in [7, 11) is 0. The van der Waals surface area contributed by atoms with Gasteiger partial charge in [-0.05, 0) is 23.6 Å². The lowest BCUT2D eigenvalue weighted by molar-refractivity contribution is 0.0955. The van der Waals surface area contributed by atoms with E-state index in [1.165, 1.54) is 12.3 Å². The molecule has 0 bridgehead atoms. The van der Waals surface area contributed by atoms with E-state index < -0.39 is 0 Å². The minimum Gasteiger partial charge on any atom is -0.267 e. The molecule has 0 fully saturated rings. The van der Waals surface area contributed by atoms with E-state index in [-0.39, 0.29) is 11.1 Å². The Bertz CT molecular complexity index is 539. The lowest BCUT2D eigenvalue weighted by atomic mass is 10.2. The number of amides is 1. The number of rotatable bonds is 3. The number of aromatic nitrogens is 1. The summed E-state index contributed by atoms with van der Waals surface area (Å²) in [5.41, 5.74) is 2.84. The number of hydrogen-bond acceptors (Lipinski definition) is 4. The topological polar surface area (TPSA) is 54.4 Å². The second-order valence-corrected chi connectivity index (χ2v) is 4.45. The van der Waals surface area contributed by atoms with Crippen LogP contribution < -0.4 is 5.43 Å². The van der Waals surface area contributed by atoms with Gasteiger partial charge in [0.2, 0.25) is 0 Å². The zero-order chi connectivity index (χ0) is 12.1. The predicted octanol–water partition coefficient (Wildman–Crippen LogP) is 2.56. The van der Waals surface area contributed by atoms with E-state index in [4.69, 9.17) is 11.6 Å². The van der Waals surface area contributed by atoms with Gasteiger partial charge in [0.05, 0.1) is 6.21 Å². The van der Waals surface area contributed by atoms with Crippen LogP contribution in [0.5, 0.6) is 0 Å². The Morgan fingerprint density at radius 2 is 2.41 bits per heavy atom. The Hall–Kier alpha value is -1.72. The van der Waals surface area contributed by atoms with E-state index in [0.29, 0.717) is 5.56 Å². The van der Waals surface area contributed by atoms with Crippen molar-refractivity contribution in [1.82, 2.24) is 10.4 Å². The molecular weight excluding hydrogens is 258 g/mol. The van der Waals surface area contributed by atoms with Crippen molar-refractivity contribution in [2.75, 3.05) is 0 Å². The van der Waals surface area contributed by atoms with Gasteiger partial charge in [-0.15, -0.1) is 11.3 Å². The standard InChI is InChI=1S/C11H8ClN3OS/c12-10-6-8(3-4-13-10)11(16)15-14-7-9-2-1-5-17-9/h1-7H,(H,15,16)/b14-7+. The Kier molecular flexibility index (Phi) is 3.85. The maximum Gasteiger partial charge on any atom is 0.271 e. The molecule has 0 atom stereocenters. The smallest absolute Gasteiger partial charge is 0.267 e. The Balaban J connectivity index is 1.98. The molecule has 2 aromatic heterocycles. The SMILES string of the molecule is O=C(N/N=C/c1cccs1)c1ccnc(Cl)c1. The van der Waals surface area contributed by atoms with Crippen LogP contribution in [0.25, 0.3) is 0 Å². The number of thiophene rings is 1. The molecule has 4 nitrogen and oxygen atoms in total. The van der Waals surface area contributed by atoms with Crippen molar-refractivity contribution >= 4 is 35.1 Å². The van der Waals surface area contributed by atoms with Gasteiger partial charge in [-0.1, -0.05) is 17.7 Å². The molecule has 0 saturated carbocycles. The Morgan fingerprint density at radius 1 is 1.53 bits per heavy atom. The van der Waals surface area contributed by atoms with Gasteiger partial charge < -0.3 is 0 Å². The average Bonchev–Trinajstić information content (AvgIpc) is 2.82. The molecule has 2 rings (SSSR count). The Morgan fingerprint density at radius 3 is 3.12 bits per heavy atom. The molecule has 0 saturated heterocycles. The molecule has 0 spiro atoms. The second kappa shape index (κ2) is 5.56. The fourth-order valence-corrected chi connectivity index (χ4v) is 1.89. The van der Waals surface area contributed by atoms with E-state index in [0.717, 1.165) is 4.88 Å². The molecule has 0 aromatic carbocycles. The van der Waals surface area contributed by atoms with Gasteiger partial charge in [0.25, 0.3) is 5.91 Å². The van der Waals surface area contributed by atoms with E-state index in [9.17, 15) is 4.79 Å². The third-order valence-corrected chi connectivity index (χ3v) is 2.90. The summed E-state index contributed by atoms with van der Waals surface area (Å²) >= 11 is 7.22. The molecule has 0 aliphatic carbocycles. The average molecular weight is 266 g/mol. The summed E-state index contributed by atoms with van der Waals surface area (Å²) in [6, 6.07) is 6.87. The van der Waals surface area contributed by atoms with Gasteiger partial charge in [0, 0.05) is 16.6 Å². The fourth-order valence-electron chi connectivity index (χ4n) is 1.13. The van der Waals surface area contributed by atoms with Crippen LogP contribution in [0.15, 0.2) is 40.9 Å². The van der Waals surface area contributed by atoms with Crippen LogP contribution in [0, 0.1) is 0 Å². The van der Waals surface area contributed by atoms with Gasteiger partial charge in [0.15, 0.2) is 0 Å². The molecule has 17 heavy (non-hydrogen) atoms. The van der Waals surface area contributed by atoms with E-state index in [1.54, 1.807) is 23.6 Å². The van der Waals surface area contributed by atoms with Gasteiger partial charge in [0.1, 0.15) is 5.15 Å². The number of carbonyl (C=O) groups excluding carboxylic acids is 1. The molecule has 0 unspecified atom stereocenters. The summed E-state index contributed by atoms with van der Waals surface area (Å²) in [6.07, 6.45) is 3.06. The molecule has 1 amide bonds. The van der Waals surface area contributed by atoms with Crippen LogP contribution in [0.1, 0.15) is 15.2 Å². The summed E-state index contributed by atoms with van der Waals surface area (Å²) in [5.74, 6) is -0.317. The van der Waals surface area contributed by atoms with Crippen LogP contribution in [0.4, 0.5) is 0 Å². The van der Waals surface area contributed by atoms with Crippen molar-refractivity contribution < 1.29 is 4.79 Å². The number of halogens is 1. The Labute approximate surface area is 107 Å². The molecular formula is C11H8ClN3OS. The monoisotopic (exact) mass is 265 g/mol. The number of pyridine rings is 1.